The number of ketones is 1. The van der Waals surface area contributed by atoms with E-state index in [1.54, 1.807) is 78.9 Å². The van der Waals surface area contributed by atoms with Crippen LogP contribution in [0.2, 0.25) is 10.0 Å². The summed E-state index contributed by atoms with van der Waals surface area (Å²) in [4.78, 5) is 24.2. The van der Waals surface area contributed by atoms with Gasteiger partial charge in [-0.05, 0) is 72.3 Å². The largest absolute Gasteiger partial charge is 0.423 e. The molecule has 3 aromatic rings. The molecule has 0 N–H and O–H groups in total. The van der Waals surface area contributed by atoms with Crippen molar-refractivity contribution in [2.45, 2.75) is 0 Å². The molecule has 0 fully saturated rings. The molecule has 0 atom stereocenters. The molecule has 0 aliphatic heterocycles. The summed E-state index contributed by atoms with van der Waals surface area (Å²) in [6.07, 6.45) is 3.18. The molecule has 0 aliphatic carbocycles. The Kier molecular flexibility index (Phi) is 6.07. The van der Waals surface area contributed by atoms with Crippen molar-refractivity contribution in [1.82, 2.24) is 0 Å². The van der Waals surface area contributed by atoms with Gasteiger partial charge < -0.3 is 4.74 Å². The van der Waals surface area contributed by atoms with Crippen LogP contribution in [0, 0.1) is 0 Å². The van der Waals surface area contributed by atoms with Crippen molar-refractivity contribution < 1.29 is 14.3 Å². The van der Waals surface area contributed by atoms with Gasteiger partial charge in [-0.3, -0.25) is 4.79 Å². The van der Waals surface area contributed by atoms with Gasteiger partial charge in [0.25, 0.3) is 0 Å². The number of ether oxygens (including phenoxy) is 1. The maximum Gasteiger partial charge on any atom is 0.343 e. The summed E-state index contributed by atoms with van der Waals surface area (Å²) in [6.45, 7) is 0. The highest BCUT2D eigenvalue weighted by Crippen LogP contribution is 2.17. The molecule has 27 heavy (non-hydrogen) atoms. The predicted octanol–water partition coefficient (Wildman–Crippen LogP) is 6.11. The minimum atomic E-state index is -0.465. The van der Waals surface area contributed by atoms with E-state index < -0.39 is 5.97 Å². The maximum atomic E-state index is 12.1. The van der Waals surface area contributed by atoms with Gasteiger partial charge in [0.05, 0.1) is 5.56 Å². The van der Waals surface area contributed by atoms with Crippen molar-refractivity contribution in [3.8, 4) is 5.75 Å². The number of hydrogen-bond acceptors (Lipinski definition) is 3. The second-order valence-corrected chi connectivity index (χ2v) is 6.54. The molecule has 0 radical (unpaired) electrons. The summed E-state index contributed by atoms with van der Waals surface area (Å²) < 4.78 is 5.32. The number of allylic oxidation sites excluding steroid dienone is 1. The van der Waals surface area contributed by atoms with Gasteiger partial charge in [-0.1, -0.05) is 41.4 Å². The van der Waals surface area contributed by atoms with Crippen LogP contribution in [0.3, 0.4) is 0 Å². The molecule has 0 bridgehead atoms. The molecule has 3 nitrogen and oxygen atoms in total. The van der Waals surface area contributed by atoms with Gasteiger partial charge >= 0.3 is 5.97 Å². The fraction of sp³-hybridized carbons (Fsp3) is 0. The third-order valence-corrected chi connectivity index (χ3v) is 4.23. The Morgan fingerprint density at radius 2 is 1.22 bits per heavy atom. The third kappa shape index (κ3) is 5.30. The Labute approximate surface area is 166 Å². The monoisotopic (exact) mass is 396 g/mol. The molecule has 5 heteroatoms. The van der Waals surface area contributed by atoms with E-state index in [1.807, 2.05) is 0 Å². The Balaban J connectivity index is 1.62. The minimum Gasteiger partial charge on any atom is -0.423 e. The van der Waals surface area contributed by atoms with Crippen LogP contribution in [0.1, 0.15) is 26.3 Å². The van der Waals surface area contributed by atoms with Gasteiger partial charge in [0.1, 0.15) is 5.75 Å². The number of esters is 1. The molecular formula is C22H14Cl2O3. The van der Waals surface area contributed by atoms with E-state index in [0.29, 0.717) is 26.9 Å². The number of rotatable bonds is 5. The summed E-state index contributed by atoms with van der Waals surface area (Å²) in [5.41, 5.74) is 1.78. The van der Waals surface area contributed by atoms with Crippen molar-refractivity contribution in [1.29, 1.82) is 0 Å². The van der Waals surface area contributed by atoms with E-state index in [4.69, 9.17) is 27.9 Å². The van der Waals surface area contributed by atoms with Crippen molar-refractivity contribution in [2.24, 2.45) is 0 Å². The first kappa shape index (κ1) is 18.9. The average Bonchev–Trinajstić information content (AvgIpc) is 2.68. The predicted molar refractivity (Wildman–Crippen MR) is 108 cm³/mol. The highest BCUT2D eigenvalue weighted by Gasteiger charge is 2.08. The van der Waals surface area contributed by atoms with Crippen LogP contribution in [0.15, 0.2) is 78.9 Å². The Hall–Kier alpha value is -2.88. The Morgan fingerprint density at radius 1 is 0.704 bits per heavy atom. The van der Waals surface area contributed by atoms with Crippen LogP contribution in [-0.4, -0.2) is 11.8 Å². The van der Waals surface area contributed by atoms with E-state index >= 15 is 0 Å². The highest BCUT2D eigenvalue weighted by molar-refractivity contribution is 6.31. The topological polar surface area (TPSA) is 43.4 Å². The lowest BCUT2D eigenvalue weighted by Crippen LogP contribution is -2.08. The summed E-state index contributed by atoms with van der Waals surface area (Å²) >= 11 is 11.6. The SMILES string of the molecule is O=C(/C=C/c1ccc(OC(=O)c2ccc(Cl)cc2)cc1)c1ccc(Cl)cc1. The first-order valence-corrected chi connectivity index (χ1v) is 8.83. The maximum absolute atomic E-state index is 12.1. The fourth-order valence-electron chi connectivity index (χ4n) is 2.28. The zero-order valence-corrected chi connectivity index (χ0v) is 15.6. The average molecular weight is 397 g/mol. The number of hydrogen-bond donors (Lipinski definition) is 0. The minimum absolute atomic E-state index is 0.120. The first-order chi connectivity index (χ1) is 13.0. The van der Waals surface area contributed by atoms with Gasteiger partial charge in [0.2, 0.25) is 0 Å². The molecule has 0 saturated heterocycles. The molecule has 0 unspecified atom stereocenters. The molecule has 3 rings (SSSR count). The Bertz CT molecular complexity index is 974. The standard InChI is InChI=1S/C22H14Cl2O3/c23-18-8-4-16(5-9-18)21(25)14-3-15-1-12-20(13-2-15)27-22(26)17-6-10-19(24)11-7-17/h1-14H/b14-3+. The highest BCUT2D eigenvalue weighted by atomic mass is 35.5. The zero-order valence-electron chi connectivity index (χ0n) is 14.1. The van der Waals surface area contributed by atoms with Gasteiger partial charge in [-0.2, -0.15) is 0 Å². The molecule has 0 aliphatic rings. The molecule has 0 aromatic heterocycles. The number of benzene rings is 3. The lowest BCUT2D eigenvalue weighted by molar-refractivity contribution is 0.0734. The summed E-state index contributed by atoms with van der Waals surface area (Å²) in [5, 5.41) is 1.13. The summed E-state index contributed by atoms with van der Waals surface area (Å²) in [5.74, 6) is -0.172. The smallest absolute Gasteiger partial charge is 0.343 e. The summed E-state index contributed by atoms with van der Waals surface area (Å²) in [6, 6.07) is 20.0. The van der Waals surface area contributed by atoms with E-state index in [2.05, 4.69) is 0 Å². The van der Waals surface area contributed by atoms with Gasteiger partial charge in [-0.15, -0.1) is 0 Å². The zero-order chi connectivity index (χ0) is 19.2. The van der Waals surface area contributed by atoms with E-state index in [0.717, 1.165) is 5.56 Å². The van der Waals surface area contributed by atoms with Gasteiger partial charge in [0.15, 0.2) is 5.78 Å². The lowest BCUT2D eigenvalue weighted by Gasteiger charge is -2.04. The Morgan fingerprint density at radius 3 is 1.78 bits per heavy atom. The van der Waals surface area contributed by atoms with Crippen LogP contribution in [0.25, 0.3) is 6.08 Å². The molecular weight excluding hydrogens is 383 g/mol. The number of halogens is 2. The second kappa shape index (κ2) is 8.67. The normalized spacial score (nSPS) is 10.7. The van der Waals surface area contributed by atoms with Crippen molar-refractivity contribution in [3.63, 3.8) is 0 Å². The van der Waals surface area contributed by atoms with Crippen LogP contribution < -0.4 is 4.74 Å². The quantitative estimate of drug-likeness (QED) is 0.226. The summed E-state index contributed by atoms with van der Waals surface area (Å²) in [7, 11) is 0. The number of carbonyl (C=O) groups excluding carboxylic acids is 2. The lowest BCUT2D eigenvalue weighted by atomic mass is 10.1. The van der Waals surface area contributed by atoms with Crippen LogP contribution >= 0.6 is 23.2 Å². The second-order valence-electron chi connectivity index (χ2n) is 5.67. The molecule has 0 heterocycles. The van der Waals surface area contributed by atoms with E-state index in [1.165, 1.54) is 6.08 Å². The molecule has 0 saturated carbocycles. The molecule has 3 aromatic carbocycles. The van der Waals surface area contributed by atoms with Gasteiger partial charge in [-0.25, -0.2) is 4.79 Å². The van der Waals surface area contributed by atoms with E-state index in [-0.39, 0.29) is 5.78 Å². The van der Waals surface area contributed by atoms with Crippen LogP contribution in [0.4, 0.5) is 0 Å². The van der Waals surface area contributed by atoms with Crippen molar-refractivity contribution >= 4 is 41.0 Å². The van der Waals surface area contributed by atoms with Crippen molar-refractivity contribution in [2.75, 3.05) is 0 Å². The first-order valence-electron chi connectivity index (χ1n) is 8.07. The van der Waals surface area contributed by atoms with E-state index in [9.17, 15) is 9.59 Å². The van der Waals surface area contributed by atoms with Crippen molar-refractivity contribution in [3.05, 3.63) is 106 Å². The molecule has 0 spiro atoms. The van der Waals surface area contributed by atoms with Crippen LogP contribution in [0.5, 0.6) is 5.75 Å². The van der Waals surface area contributed by atoms with Gasteiger partial charge in [0, 0.05) is 15.6 Å². The number of carbonyl (C=O) groups is 2. The van der Waals surface area contributed by atoms with Crippen LogP contribution in [-0.2, 0) is 0 Å². The fourth-order valence-corrected chi connectivity index (χ4v) is 2.53. The molecule has 0 amide bonds. The third-order valence-electron chi connectivity index (χ3n) is 3.73. The molecule has 134 valence electrons.